The lowest BCUT2D eigenvalue weighted by atomic mass is 10.1. The van der Waals surface area contributed by atoms with Gasteiger partial charge in [0, 0.05) is 5.57 Å². The van der Waals surface area contributed by atoms with E-state index >= 15 is 0 Å². The van der Waals surface area contributed by atoms with Gasteiger partial charge in [0.05, 0.1) is 0 Å². The Morgan fingerprint density at radius 1 is 1.36 bits per heavy atom. The van der Waals surface area contributed by atoms with Crippen LogP contribution in [0.4, 0.5) is 0 Å². The second kappa shape index (κ2) is 4.87. The molecule has 0 fully saturated rings. The number of aliphatic imine (C=N–C) groups is 2. The molecule has 0 atom stereocenters. The van der Waals surface area contributed by atoms with Crippen LogP contribution >= 0.6 is 0 Å². The highest BCUT2D eigenvalue weighted by Crippen LogP contribution is 2.15. The van der Waals surface area contributed by atoms with Crippen molar-refractivity contribution in [3.63, 3.8) is 0 Å². The quantitative estimate of drug-likeness (QED) is 0.400. The predicted molar refractivity (Wildman–Crippen MR) is 46.0 cm³/mol. The number of carboxylic acids is 1. The van der Waals surface area contributed by atoms with Gasteiger partial charge in [-0.3, -0.25) is 0 Å². The second-order valence-corrected chi connectivity index (χ2v) is 2.63. The third kappa shape index (κ3) is 3.58. The summed E-state index contributed by atoms with van der Waals surface area (Å²) in [5, 5.41) is 8.53. The summed E-state index contributed by atoms with van der Waals surface area (Å²) in [4.78, 5) is 36.8. The van der Waals surface area contributed by atoms with Crippen molar-refractivity contribution in [2.75, 3.05) is 0 Å². The maximum Gasteiger partial charge on any atom is 0.331 e. The molecule has 0 aliphatic carbocycles. The van der Waals surface area contributed by atoms with Crippen molar-refractivity contribution in [2.24, 2.45) is 9.98 Å². The van der Waals surface area contributed by atoms with Crippen LogP contribution in [-0.2, 0) is 14.4 Å². The maximum atomic E-state index is 10.4. The molecule has 0 bridgehead atoms. The van der Waals surface area contributed by atoms with Crippen LogP contribution in [0.2, 0.25) is 0 Å². The molecule has 0 unspecified atom stereocenters. The number of carboxylic acid groups (broad SMARTS) is 1. The molecule has 0 aromatic carbocycles. The molecule has 74 valence electrons. The van der Waals surface area contributed by atoms with Gasteiger partial charge in [-0.1, -0.05) is 0 Å². The topological polar surface area (TPSA) is 96.2 Å². The molecule has 0 spiro atoms. The van der Waals surface area contributed by atoms with Gasteiger partial charge in [0.1, 0.15) is 0 Å². The molecule has 0 aromatic rings. The molecule has 0 aliphatic heterocycles. The molecule has 0 aliphatic rings. The summed E-state index contributed by atoms with van der Waals surface area (Å²) in [5.41, 5.74) is -1.61. The van der Waals surface area contributed by atoms with E-state index in [0.717, 1.165) is 6.08 Å². The first kappa shape index (κ1) is 12.0. The summed E-state index contributed by atoms with van der Waals surface area (Å²) >= 11 is 0. The first-order valence-electron chi connectivity index (χ1n) is 3.56. The summed E-state index contributed by atoms with van der Waals surface area (Å²) in [6.07, 6.45) is 3.47. The van der Waals surface area contributed by atoms with E-state index in [1.807, 2.05) is 0 Å². The van der Waals surface area contributed by atoms with Crippen molar-refractivity contribution in [3.05, 3.63) is 11.6 Å². The molecule has 14 heavy (non-hydrogen) atoms. The Bertz CT molecular complexity index is 342. The highest BCUT2D eigenvalue weighted by atomic mass is 16.4. The molecule has 1 N–H and O–H groups in total. The summed E-state index contributed by atoms with van der Waals surface area (Å²) in [6.45, 7) is 2.58. The molecule has 0 heterocycles. The van der Waals surface area contributed by atoms with Gasteiger partial charge in [-0.25, -0.2) is 14.4 Å². The minimum absolute atomic E-state index is 0.0782. The lowest BCUT2D eigenvalue weighted by molar-refractivity contribution is -0.132. The van der Waals surface area contributed by atoms with Gasteiger partial charge in [0.2, 0.25) is 12.2 Å². The second-order valence-electron chi connectivity index (χ2n) is 2.63. The van der Waals surface area contributed by atoms with Crippen LogP contribution < -0.4 is 0 Å². The van der Waals surface area contributed by atoms with Crippen LogP contribution in [0.3, 0.4) is 0 Å². The van der Waals surface area contributed by atoms with Gasteiger partial charge in [0.15, 0.2) is 5.66 Å². The van der Waals surface area contributed by atoms with Crippen molar-refractivity contribution in [1.29, 1.82) is 0 Å². The molecule has 0 saturated heterocycles. The molecular weight excluding hydrogens is 188 g/mol. The number of rotatable bonds is 4. The molecule has 6 heteroatoms. The van der Waals surface area contributed by atoms with E-state index in [1.165, 1.54) is 26.0 Å². The summed E-state index contributed by atoms with van der Waals surface area (Å²) < 4.78 is 0. The van der Waals surface area contributed by atoms with Gasteiger partial charge in [-0.05, 0) is 19.9 Å². The average molecular weight is 196 g/mol. The minimum atomic E-state index is -1.54. The molecular formula is C8H8N2O4. The number of hydrogen-bond acceptors (Lipinski definition) is 5. The Kier molecular flexibility index (Phi) is 4.16. The zero-order valence-electron chi connectivity index (χ0n) is 7.64. The smallest absolute Gasteiger partial charge is 0.331 e. The van der Waals surface area contributed by atoms with Crippen molar-refractivity contribution in [1.82, 2.24) is 0 Å². The van der Waals surface area contributed by atoms with E-state index in [4.69, 9.17) is 5.11 Å². The van der Waals surface area contributed by atoms with Gasteiger partial charge in [-0.2, -0.15) is 9.98 Å². The van der Waals surface area contributed by atoms with Gasteiger partial charge < -0.3 is 5.11 Å². The SMILES string of the molecule is C/C(=C\C(C)(N=C=O)N=C=O)C(=O)O. The number of isocyanates is 2. The fourth-order valence-electron chi connectivity index (χ4n) is 0.746. The van der Waals surface area contributed by atoms with Crippen LogP contribution in [0.1, 0.15) is 13.8 Å². The van der Waals surface area contributed by atoms with Crippen molar-refractivity contribution in [3.8, 4) is 0 Å². The molecule has 0 radical (unpaired) electrons. The lowest BCUT2D eigenvalue weighted by Gasteiger charge is -2.10. The first-order valence-corrected chi connectivity index (χ1v) is 3.56. The Balaban J connectivity index is 5.24. The number of aliphatic carboxylic acids is 1. The number of hydrogen-bond donors (Lipinski definition) is 1. The third-order valence-electron chi connectivity index (χ3n) is 1.37. The standard InChI is InChI=1S/C8H8N2O4/c1-6(7(13)14)3-8(2,9-4-11)10-5-12/h3H,1-2H3,(H,13,14)/b6-3+. The molecule has 0 saturated carbocycles. The minimum Gasteiger partial charge on any atom is -0.478 e. The van der Waals surface area contributed by atoms with Gasteiger partial charge >= 0.3 is 5.97 Å². The first-order chi connectivity index (χ1) is 6.45. The third-order valence-corrected chi connectivity index (χ3v) is 1.37. The number of carbonyl (C=O) groups excluding carboxylic acids is 2. The fraction of sp³-hybridized carbons (Fsp3) is 0.375. The van der Waals surface area contributed by atoms with Crippen molar-refractivity contribution in [2.45, 2.75) is 19.5 Å². The molecule has 0 aromatic heterocycles. The number of nitrogens with zero attached hydrogens (tertiary/aromatic N) is 2. The van der Waals surface area contributed by atoms with Crippen LogP contribution in [0.5, 0.6) is 0 Å². The largest absolute Gasteiger partial charge is 0.478 e. The van der Waals surface area contributed by atoms with Crippen LogP contribution in [0.25, 0.3) is 0 Å². The Labute approximate surface area is 79.7 Å². The van der Waals surface area contributed by atoms with Crippen LogP contribution in [-0.4, -0.2) is 28.9 Å². The Morgan fingerprint density at radius 2 is 1.79 bits per heavy atom. The average Bonchev–Trinajstić information content (AvgIpc) is 2.04. The summed E-state index contributed by atoms with van der Waals surface area (Å²) in [7, 11) is 0. The zero-order chi connectivity index (χ0) is 11.2. The Hall–Kier alpha value is -2.03. The van der Waals surface area contributed by atoms with Crippen molar-refractivity contribution >= 4 is 18.1 Å². The van der Waals surface area contributed by atoms with Crippen LogP contribution in [0.15, 0.2) is 21.6 Å². The number of carbonyl (C=O) groups is 1. The van der Waals surface area contributed by atoms with E-state index < -0.39 is 11.6 Å². The van der Waals surface area contributed by atoms with E-state index in [9.17, 15) is 14.4 Å². The normalized spacial score (nSPS) is 14.6. The highest BCUT2D eigenvalue weighted by molar-refractivity contribution is 5.86. The van der Waals surface area contributed by atoms with E-state index in [-0.39, 0.29) is 5.57 Å². The van der Waals surface area contributed by atoms with Crippen LogP contribution in [0, 0.1) is 0 Å². The summed E-state index contributed by atoms with van der Waals surface area (Å²) in [5.74, 6) is -1.18. The van der Waals surface area contributed by atoms with Crippen molar-refractivity contribution < 1.29 is 19.5 Å². The molecule has 0 amide bonds. The zero-order valence-corrected chi connectivity index (χ0v) is 7.64. The fourth-order valence-corrected chi connectivity index (χ4v) is 0.746. The monoisotopic (exact) mass is 196 g/mol. The maximum absolute atomic E-state index is 10.4. The molecule has 0 rings (SSSR count). The van der Waals surface area contributed by atoms with Gasteiger partial charge in [0.25, 0.3) is 0 Å². The van der Waals surface area contributed by atoms with E-state index in [0.29, 0.717) is 0 Å². The van der Waals surface area contributed by atoms with Gasteiger partial charge in [-0.15, -0.1) is 0 Å². The van der Waals surface area contributed by atoms with E-state index in [2.05, 4.69) is 9.98 Å². The molecule has 6 nitrogen and oxygen atoms in total. The van der Waals surface area contributed by atoms with E-state index in [1.54, 1.807) is 0 Å². The Morgan fingerprint density at radius 3 is 2.07 bits per heavy atom. The predicted octanol–water partition coefficient (Wildman–Crippen LogP) is 0.405. The lowest BCUT2D eigenvalue weighted by Crippen LogP contribution is -2.17. The highest BCUT2D eigenvalue weighted by Gasteiger charge is 2.20. The summed E-state index contributed by atoms with van der Waals surface area (Å²) in [6, 6.07) is 0.